The van der Waals surface area contributed by atoms with Crippen LogP contribution >= 0.6 is 0 Å². The van der Waals surface area contributed by atoms with Gasteiger partial charge in [-0.3, -0.25) is 0 Å². The third-order valence-corrected chi connectivity index (χ3v) is 14.4. The Morgan fingerprint density at radius 2 is 1.17 bits per heavy atom. The SMILES string of the molecule is [2H]c1c([2H])c([2H])c(-c2cc(-n3c4ccccc4c4ccccc43)cc(-c3c([2H])c([2H])c([2H])c([2H])c3[2H])c2-n2[c](=[Pt])n(-c3[c-]c(Oc4[c-]c5c(cc4)c4cccc6c4n5-c4nccc(C(C)(C)C)c4O6)ccc3)c3ccccc32)c([2H])c1[2H]. The van der Waals surface area contributed by atoms with Gasteiger partial charge in [0.2, 0.25) is 0 Å². The molecule has 4 aromatic heterocycles. The van der Waals surface area contributed by atoms with Crippen LogP contribution in [0.15, 0.2) is 206 Å². The van der Waals surface area contributed by atoms with E-state index in [1.165, 1.54) is 0 Å². The summed E-state index contributed by atoms with van der Waals surface area (Å²) in [5, 5.41) is 3.75. The first kappa shape index (κ1) is 33.1. The van der Waals surface area contributed by atoms with E-state index in [1.807, 2.05) is 129 Å². The minimum atomic E-state index is -0.587. The summed E-state index contributed by atoms with van der Waals surface area (Å²) in [6.07, 6.45) is 1.81. The second-order valence-corrected chi connectivity index (χ2v) is 19.6. The Hall–Kier alpha value is -8.51. The van der Waals surface area contributed by atoms with Crippen molar-refractivity contribution >= 4 is 54.6 Å². The number of hydrogen-bond donors (Lipinski definition) is 0. The van der Waals surface area contributed by atoms with Crippen LogP contribution in [0.4, 0.5) is 0 Å². The summed E-state index contributed by atoms with van der Waals surface area (Å²) < 4.78 is 113. The molecule has 0 fully saturated rings. The summed E-state index contributed by atoms with van der Waals surface area (Å²) in [7, 11) is 0. The molecule has 0 saturated heterocycles. The van der Waals surface area contributed by atoms with Crippen molar-refractivity contribution in [3.05, 3.63) is 228 Å². The number of imidazole rings is 1. The molecule has 9 aromatic carbocycles. The second kappa shape index (κ2) is 16.3. The summed E-state index contributed by atoms with van der Waals surface area (Å²) in [6, 6.07) is 45.7. The number of para-hydroxylation sites is 5. The summed E-state index contributed by atoms with van der Waals surface area (Å²) in [6.45, 7) is 6.43. The molecule has 0 amide bonds. The number of pyridine rings is 1. The van der Waals surface area contributed by atoms with Crippen LogP contribution in [-0.2, 0) is 24.8 Å². The molecule has 7 nitrogen and oxygen atoms in total. The number of ether oxygens (including phenoxy) is 2. The average molecular weight is 1120 g/mol. The van der Waals surface area contributed by atoms with Crippen LogP contribution in [0.25, 0.3) is 99.8 Å². The Morgan fingerprint density at radius 1 is 0.569 bits per heavy atom. The fraction of sp³-hybridized carbons (Fsp3) is 0.0625. The molecule has 5 heterocycles. The average Bonchev–Trinajstić information content (AvgIpc) is 3.31. The fourth-order valence-electron chi connectivity index (χ4n) is 10.3. The number of rotatable bonds is 7. The molecule has 1 aliphatic heterocycles. The zero-order valence-corrected chi connectivity index (χ0v) is 41.0. The van der Waals surface area contributed by atoms with Gasteiger partial charge in [0, 0.05) is 11.8 Å². The van der Waals surface area contributed by atoms with Crippen LogP contribution < -0.4 is 9.47 Å². The normalized spacial score (nSPS) is 14.2. The first-order valence-electron chi connectivity index (χ1n) is 28.3. The number of fused-ring (bicyclic) bond motifs is 9. The Kier molecular flexibility index (Phi) is 7.49. The van der Waals surface area contributed by atoms with Crippen molar-refractivity contribution in [3.63, 3.8) is 0 Å². The van der Waals surface area contributed by atoms with Crippen LogP contribution in [-0.4, -0.2) is 23.3 Å². The van der Waals surface area contributed by atoms with Gasteiger partial charge >= 0.3 is 382 Å². The van der Waals surface area contributed by atoms with Crippen molar-refractivity contribution in [1.82, 2.24) is 23.3 Å². The van der Waals surface area contributed by atoms with Crippen molar-refractivity contribution in [2.75, 3.05) is 0 Å². The zero-order valence-electron chi connectivity index (χ0n) is 48.7. The molecule has 1 aliphatic rings. The summed E-state index contributed by atoms with van der Waals surface area (Å²) in [5.74, 6) is 2.82. The van der Waals surface area contributed by atoms with E-state index >= 15 is 0 Å². The Balaban J connectivity index is 1.02. The van der Waals surface area contributed by atoms with Gasteiger partial charge in [0.25, 0.3) is 0 Å². The van der Waals surface area contributed by atoms with Gasteiger partial charge in [0.1, 0.15) is 0 Å². The molecule has 0 bridgehead atoms. The molecule has 0 spiro atoms. The van der Waals surface area contributed by atoms with E-state index in [0.29, 0.717) is 55.0 Å². The standard InChI is InChI=1S/C64H43N5O2.Pt/c1-64(2,3)53-34-35-65-63-62(53)71-59-31-17-26-50-49-33-32-46(39-58(49)69(63)61(50)59)70-45-23-16-22-43(36-45)66-40-67(57-30-15-14-29-56(57)66)60-51(41-18-6-4-7-19-41)37-44(38-52(60)42-20-8-5-9-21-42)68-54-27-12-10-24-47(54)48-25-11-13-28-55(48)68;/h4-35,37-38H,1-3H3;/q-2;/i4D,5D,6D,7D,8D,9D,18D,19D,20D,21D;. The van der Waals surface area contributed by atoms with Crippen molar-refractivity contribution in [2.45, 2.75) is 26.2 Å². The molecule has 348 valence electrons. The first-order valence-corrected chi connectivity index (χ1v) is 24.4. The summed E-state index contributed by atoms with van der Waals surface area (Å²) >= 11 is 2.18. The Bertz CT molecular complexity index is 4830. The zero-order chi connectivity index (χ0) is 56.9. The molecule has 0 N–H and O–H groups in total. The maximum absolute atomic E-state index is 9.55. The van der Waals surface area contributed by atoms with E-state index in [0.717, 1.165) is 49.2 Å². The Morgan fingerprint density at radius 3 is 1.83 bits per heavy atom. The monoisotopic (exact) mass is 1120 g/mol. The number of nitrogens with zero attached hydrogens (tertiary/aromatic N) is 5. The molecule has 72 heavy (non-hydrogen) atoms. The van der Waals surface area contributed by atoms with Crippen LogP contribution in [0, 0.1) is 15.9 Å². The molecule has 0 saturated carbocycles. The minimum absolute atomic E-state index is 0.138. The number of benzene rings is 9. The molecule has 14 rings (SSSR count). The predicted molar refractivity (Wildman–Crippen MR) is 286 cm³/mol. The molecule has 0 unspecified atom stereocenters. The van der Waals surface area contributed by atoms with Crippen LogP contribution in [0.1, 0.15) is 40.0 Å². The van der Waals surface area contributed by atoms with Gasteiger partial charge in [-0.15, -0.1) is 0 Å². The third-order valence-electron chi connectivity index (χ3n) is 13.4. The van der Waals surface area contributed by atoms with E-state index in [1.54, 1.807) is 24.4 Å². The predicted octanol–water partition coefficient (Wildman–Crippen LogP) is 16.2. The molecule has 13 aromatic rings. The van der Waals surface area contributed by atoms with E-state index < -0.39 is 60.4 Å². The first-order chi connectivity index (χ1) is 39.4. The van der Waals surface area contributed by atoms with Gasteiger partial charge in [0.15, 0.2) is 0 Å². The number of hydrogen-bond acceptors (Lipinski definition) is 3. The van der Waals surface area contributed by atoms with Crippen LogP contribution in [0.5, 0.6) is 23.0 Å². The molecule has 0 aliphatic carbocycles. The number of aromatic nitrogens is 5. The Labute approximate surface area is 440 Å². The fourth-order valence-corrected chi connectivity index (χ4v) is 11.4. The van der Waals surface area contributed by atoms with Gasteiger partial charge in [-0.1, -0.05) is 26.8 Å². The quantitative estimate of drug-likeness (QED) is 0.149. The molecular formula is C64H43N5O2Pt-2. The van der Waals surface area contributed by atoms with Crippen LogP contribution in [0.3, 0.4) is 0 Å². The van der Waals surface area contributed by atoms with E-state index in [-0.39, 0.29) is 33.4 Å². The second-order valence-electron chi connectivity index (χ2n) is 18.6. The van der Waals surface area contributed by atoms with Crippen molar-refractivity contribution in [2.24, 2.45) is 0 Å². The third kappa shape index (κ3) is 6.54. The van der Waals surface area contributed by atoms with Crippen molar-refractivity contribution < 1.29 is 42.5 Å². The molecule has 8 heteroatoms. The van der Waals surface area contributed by atoms with Crippen LogP contribution in [0.2, 0.25) is 0 Å². The van der Waals surface area contributed by atoms with Gasteiger partial charge in [-0.2, -0.15) is 0 Å². The van der Waals surface area contributed by atoms with Gasteiger partial charge < -0.3 is 4.74 Å². The molecule has 0 atom stereocenters. The summed E-state index contributed by atoms with van der Waals surface area (Å²) in [4.78, 5) is 4.86. The summed E-state index contributed by atoms with van der Waals surface area (Å²) in [5.41, 5.74) is 6.32. The molecular weight excluding hydrogens is 1070 g/mol. The maximum atomic E-state index is 9.55. The molecule has 0 radical (unpaired) electrons. The van der Waals surface area contributed by atoms with Crippen molar-refractivity contribution in [3.8, 4) is 68.1 Å². The topological polar surface area (TPSA) is 51.1 Å². The van der Waals surface area contributed by atoms with Crippen molar-refractivity contribution in [1.29, 1.82) is 0 Å². The van der Waals surface area contributed by atoms with Gasteiger partial charge in [-0.05, 0) is 17.5 Å². The van der Waals surface area contributed by atoms with E-state index in [9.17, 15) is 5.48 Å². The van der Waals surface area contributed by atoms with E-state index in [4.69, 9.17) is 22.7 Å². The van der Waals surface area contributed by atoms with Gasteiger partial charge in [0.05, 0.1) is 0 Å². The van der Waals surface area contributed by atoms with Gasteiger partial charge in [-0.25, -0.2) is 0 Å². The van der Waals surface area contributed by atoms with E-state index in [2.05, 4.69) is 62.9 Å².